The van der Waals surface area contributed by atoms with Crippen LogP contribution in [0, 0.1) is 0 Å². The zero-order valence-corrected chi connectivity index (χ0v) is 15.8. The summed E-state index contributed by atoms with van der Waals surface area (Å²) in [6.45, 7) is 14.3. The van der Waals surface area contributed by atoms with E-state index in [1.165, 1.54) is 0 Å². The molecule has 106 valence electrons. The Balaban J connectivity index is 3.70. The van der Waals surface area contributed by atoms with Gasteiger partial charge in [0.05, 0.1) is 6.61 Å². The highest BCUT2D eigenvalue weighted by Gasteiger charge is 2.22. The third kappa shape index (κ3) is 9.77. The summed E-state index contributed by atoms with van der Waals surface area (Å²) in [7, 11) is -3.36. The third-order valence-corrected chi connectivity index (χ3v) is 10.7. The van der Waals surface area contributed by atoms with Crippen molar-refractivity contribution in [3.63, 3.8) is 0 Å². The van der Waals surface area contributed by atoms with Gasteiger partial charge in [-0.25, -0.2) is 4.79 Å². The molecule has 18 heavy (non-hydrogen) atoms. The van der Waals surface area contributed by atoms with Crippen LogP contribution in [0.1, 0.15) is 13.3 Å². The zero-order valence-electron chi connectivity index (χ0n) is 12.2. The minimum absolute atomic E-state index is 0.307. The first kappa shape index (κ1) is 17.8. The van der Waals surface area contributed by atoms with Crippen LogP contribution in [-0.4, -0.2) is 39.9 Å². The molecule has 0 rings (SSSR count). The fourth-order valence-electron chi connectivity index (χ4n) is 1.19. The molecular formula is C11H26O4Si3. The normalized spacial score (nSPS) is 12.3. The summed E-state index contributed by atoms with van der Waals surface area (Å²) in [4.78, 5) is 11.2. The highest BCUT2D eigenvalue weighted by molar-refractivity contribution is 6.75. The fraction of sp³-hybridized carbons (Fsp3) is 0.727. The Bertz CT molecular complexity index is 279. The van der Waals surface area contributed by atoms with Gasteiger partial charge in [0.25, 0.3) is 10.0 Å². The summed E-state index contributed by atoms with van der Waals surface area (Å²) in [5.74, 6) is -0.307. The van der Waals surface area contributed by atoms with E-state index < -0.39 is 27.4 Å². The van der Waals surface area contributed by atoms with Gasteiger partial charge in [-0.2, -0.15) is 0 Å². The van der Waals surface area contributed by atoms with Crippen molar-refractivity contribution in [2.45, 2.75) is 45.6 Å². The smallest absolute Gasteiger partial charge is 0.333 e. The van der Waals surface area contributed by atoms with Crippen LogP contribution in [0.15, 0.2) is 12.2 Å². The van der Waals surface area contributed by atoms with Gasteiger partial charge >= 0.3 is 5.97 Å². The molecular weight excluding hydrogens is 280 g/mol. The van der Waals surface area contributed by atoms with Gasteiger partial charge in [0.2, 0.25) is 0 Å². The average Bonchev–Trinajstić information content (AvgIpc) is 2.23. The van der Waals surface area contributed by atoms with Crippen molar-refractivity contribution in [1.82, 2.24) is 0 Å². The molecule has 0 radical (unpaired) electrons. The van der Waals surface area contributed by atoms with Crippen molar-refractivity contribution in [2.24, 2.45) is 0 Å². The first-order valence-corrected chi connectivity index (χ1v) is 13.4. The maximum Gasteiger partial charge on any atom is 0.333 e. The third-order valence-electron chi connectivity index (χ3n) is 2.36. The summed E-state index contributed by atoms with van der Waals surface area (Å²) >= 11 is 0. The number of hydrogen-bond acceptors (Lipinski definition) is 4. The summed E-state index contributed by atoms with van der Waals surface area (Å²) in [6.07, 6.45) is 0.853. The van der Waals surface area contributed by atoms with E-state index in [0.717, 1.165) is 12.5 Å². The Morgan fingerprint density at radius 3 is 2.50 bits per heavy atom. The van der Waals surface area contributed by atoms with Crippen molar-refractivity contribution in [3.8, 4) is 0 Å². The van der Waals surface area contributed by atoms with Crippen LogP contribution in [0.3, 0.4) is 0 Å². The molecule has 0 atom stereocenters. The van der Waals surface area contributed by atoms with Gasteiger partial charge in [-0.15, -0.1) is 0 Å². The van der Waals surface area contributed by atoms with Crippen molar-refractivity contribution >= 4 is 33.3 Å². The Kier molecular flexibility index (Phi) is 8.70. The first-order chi connectivity index (χ1) is 8.24. The second kappa shape index (κ2) is 8.81. The van der Waals surface area contributed by atoms with E-state index in [9.17, 15) is 4.79 Å². The molecule has 0 saturated heterocycles. The quantitative estimate of drug-likeness (QED) is 0.282. The van der Waals surface area contributed by atoms with Gasteiger partial charge in [0.1, 0.15) is 0 Å². The largest absolute Gasteiger partial charge is 0.462 e. The van der Waals surface area contributed by atoms with Crippen LogP contribution in [0.5, 0.6) is 0 Å². The molecule has 0 aliphatic carbocycles. The van der Waals surface area contributed by atoms with Crippen LogP contribution in [-0.2, 0) is 17.8 Å². The fourth-order valence-corrected chi connectivity index (χ4v) is 6.01. The maximum absolute atomic E-state index is 11.2. The van der Waals surface area contributed by atoms with Crippen LogP contribution in [0.25, 0.3) is 0 Å². The van der Waals surface area contributed by atoms with Gasteiger partial charge in [0, 0.05) is 5.57 Å². The van der Waals surface area contributed by atoms with E-state index in [-0.39, 0.29) is 5.97 Å². The Morgan fingerprint density at radius 2 is 2.00 bits per heavy atom. The minimum atomic E-state index is -1.62. The molecule has 0 saturated carbocycles. The molecule has 0 heterocycles. The van der Waals surface area contributed by atoms with E-state index in [1.54, 1.807) is 6.92 Å². The van der Waals surface area contributed by atoms with Crippen molar-refractivity contribution in [2.75, 3.05) is 6.61 Å². The van der Waals surface area contributed by atoms with Gasteiger partial charge in [-0.05, 0) is 45.6 Å². The number of carbonyl (C=O) groups excluding carboxylic acids is 1. The lowest BCUT2D eigenvalue weighted by Crippen LogP contribution is -2.34. The number of ether oxygens (including phenoxy) is 1. The molecule has 0 aliphatic rings. The molecule has 4 nitrogen and oxygen atoms in total. The van der Waals surface area contributed by atoms with Crippen LogP contribution >= 0.6 is 0 Å². The van der Waals surface area contributed by atoms with Crippen LogP contribution in [0.4, 0.5) is 0 Å². The summed E-state index contributed by atoms with van der Waals surface area (Å²) in [6, 6.07) is 0.993. The summed E-state index contributed by atoms with van der Waals surface area (Å²) in [5.41, 5.74) is 0.449. The second-order valence-corrected chi connectivity index (χ2v) is 14.1. The molecule has 0 aliphatic heterocycles. The molecule has 0 amide bonds. The van der Waals surface area contributed by atoms with E-state index in [4.69, 9.17) is 13.0 Å². The lowest BCUT2D eigenvalue weighted by atomic mass is 10.4. The summed E-state index contributed by atoms with van der Waals surface area (Å²) in [5, 5.41) is 0. The Labute approximate surface area is 116 Å². The monoisotopic (exact) mass is 306 g/mol. The topological polar surface area (TPSA) is 44.8 Å². The Morgan fingerprint density at radius 1 is 1.39 bits per heavy atom. The first-order valence-electron chi connectivity index (χ1n) is 6.33. The zero-order chi connectivity index (χ0) is 14.2. The molecule has 0 aromatic carbocycles. The van der Waals surface area contributed by atoms with Gasteiger partial charge in [-0.3, -0.25) is 0 Å². The second-order valence-electron chi connectivity index (χ2n) is 5.26. The molecule has 0 N–H and O–H groups in total. The molecule has 0 aromatic rings. The number of hydrogen-bond donors (Lipinski definition) is 0. The van der Waals surface area contributed by atoms with Gasteiger partial charge < -0.3 is 13.0 Å². The van der Waals surface area contributed by atoms with Gasteiger partial charge in [-0.1, -0.05) is 6.58 Å². The highest BCUT2D eigenvalue weighted by Crippen LogP contribution is 2.13. The van der Waals surface area contributed by atoms with Crippen molar-refractivity contribution in [1.29, 1.82) is 0 Å². The number of rotatable bonds is 9. The molecule has 7 heteroatoms. The molecule has 0 unspecified atom stereocenters. The predicted molar refractivity (Wildman–Crippen MR) is 82.3 cm³/mol. The van der Waals surface area contributed by atoms with E-state index >= 15 is 0 Å². The van der Waals surface area contributed by atoms with Crippen molar-refractivity contribution in [3.05, 3.63) is 12.2 Å². The standard InChI is InChI=1S/C11H26O4Si3/c1-10(2)11(12)13-8-7-9-18(5,6)15-16-14-17(3)4/h17H,1,7-9,16H2,2-6H3. The minimum Gasteiger partial charge on any atom is -0.462 e. The molecule has 0 bridgehead atoms. The van der Waals surface area contributed by atoms with Crippen molar-refractivity contribution < 1.29 is 17.8 Å². The summed E-state index contributed by atoms with van der Waals surface area (Å²) < 4.78 is 16.6. The van der Waals surface area contributed by atoms with E-state index in [0.29, 0.717) is 12.2 Å². The molecule has 0 fully saturated rings. The maximum atomic E-state index is 11.2. The Hall–Kier alpha value is -0.219. The number of carbonyl (C=O) groups is 1. The average molecular weight is 307 g/mol. The van der Waals surface area contributed by atoms with E-state index in [1.807, 2.05) is 0 Å². The lowest BCUT2D eigenvalue weighted by molar-refractivity contribution is -0.138. The number of esters is 1. The lowest BCUT2D eigenvalue weighted by Gasteiger charge is -2.23. The highest BCUT2D eigenvalue weighted by atomic mass is 28.4. The van der Waals surface area contributed by atoms with E-state index in [2.05, 4.69) is 32.8 Å². The SMILES string of the molecule is C=C(C)C(=O)OCCC[Si](C)(C)O[SiH2]O[SiH](C)C. The van der Waals surface area contributed by atoms with Crippen LogP contribution in [0.2, 0.25) is 32.2 Å². The van der Waals surface area contributed by atoms with Crippen LogP contribution < -0.4 is 0 Å². The predicted octanol–water partition coefficient (Wildman–Crippen LogP) is 1.72. The van der Waals surface area contributed by atoms with Gasteiger partial charge in [0.15, 0.2) is 17.4 Å². The molecule has 0 spiro atoms. The molecule has 0 aromatic heterocycles.